The van der Waals surface area contributed by atoms with Crippen LogP contribution in [-0.4, -0.2) is 0 Å². The van der Waals surface area contributed by atoms with Gasteiger partial charge in [0, 0.05) is 6.54 Å². The van der Waals surface area contributed by atoms with Crippen LogP contribution in [-0.2, 0) is 6.54 Å². The van der Waals surface area contributed by atoms with Crippen molar-refractivity contribution in [2.45, 2.75) is 20.4 Å². The first-order valence-corrected chi connectivity index (χ1v) is 5.82. The average Bonchev–Trinajstić information content (AvgIpc) is 2.33. The SMILES string of the molecule is Cc1ccc(CNc2c(F)cccc2F)cc1C. The van der Waals surface area contributed by atoms with Gasteiger partial charge in [0.1, 0.15) is 17.3 Å². The Bertz CT molecular complexity index is 544. The summed E-state index contributed by atoms with van der Waals surface area (Å²) in [5, 5.41) is 2.79. The second-order valence-electron chi connectivity index (χ2n) is 4.37. The number of benzene rings is 2. The lowest BCUT2D eigenvalue weighted by molar-refractivity contribution is 0.588. The zero-order valence-electron chi connectivity index (χ0n) is 10.4. The molecule has 2 aromatic carbocycles. The lowest BCUT2D eigenvalue weighted by Crippen LogP contribution is -2.04. The molecule has 0 spiro atoms. The first-order valence-electron chi connectivity index (χ1n) is 5.82. The van der Waals surface area contributed by atoms with Crippen molar-refractivity contribution in [3.8, 4) is 0 Å². The summed E-state index contributed by atoms with van der Waals surface area (Å²) in [7, 11) is 0. The van der Waals surface area contributed by atoms with E-state index in [2.05, 4.69) is 5.32 Å². The topological polar surface area (TPSA) is 12.0 Å². The fraction of sp³-hybridized carbons (Fsp3) is 0.200. The number of rotatable bonds is 3. The maximum atomic E-state index is 13.4. The molecule has 0 amide bonds. The van der Waals surface area contributed by atoms with Crippen LogP contribution >= 0.6 is 0 Å². The van der Waals surface area contributed by atoms with Crippen molar-refractivity contribution in [3.63, 3.8) is 0 Å². The van der Waals surface area contributed by atoms with Crippen LogP contribution in [0.4, 0.5) is 14.5 Å². The number of hydrogen-bond donors (Lipinski definition) is 1. The van der Waals surface area contributed by atoms with Crippen molar-refractivity contribution in [2.75, 3.05) is 5.32 Å². The maximum absolute atomic E-state index is 13.4. The molecule has 2 rings (SSSR count). The van der Waals surface area contributed by atoms with Crippen LogP contribution in [0.1, 0.15) is 16.7 Å². The third-order valence-corrected chi connectivity index (χ3v) is 3.00. The predicted molar refractivity (Wildman–Crippen MR) is 69.6 cm³/mol. The van der Waals surface area contributed by atoms with Gasteiger partial charge in [-0.25, -0.2) is 8.78 Å². The zero-order valence-corrected chi connectivity index (χ0v) is 10.4. The highest BCUT2D eigenvalue weighted by molar-refractivity contribution is 5.46. The molecule has 0 aromatic heterocycles. The second kappa shape index (κ2) is 5.17. The van der Waals surface area contributed by atoms with E-state index in [1.807, 2.05) is 32.0 Å². The van der Waals surface area contributed by atoms with Gasteiger partial charge in [-0.15, -0.1) is 0 Å². The lowest BCUT2D eigenvalue weighted by atomic mass is 10.1. The average molecular weight is 247 g/mol. The molecular formula is C15H15F2N. The van der Waals surface area contributed by atoms with Crippen molar-refractivity contribution in [2.24, 2.45) is 0 Å². The van der Waals surface area contributed by atoms with Gasteiger partial charge < -0.3 is 5.32 Å². The highest BCUT2D eigenvalue weighted by Gasteiger charge is 2.07. The largest absolute Gasteiger partial charge is 0.376 e. The Morgan fingerprint density at radius 3 is 2.22 bits per heavy atom. The lowest BCUT2D eigenvalue weighted by Gasteiger charge is -2.10. The first kappa shape index (κ1) is 12.6. The van der Waals surface area contributed by atoms with E-state index in [1.165, 1.54) is 29.3 Å². The molecule has 2 aromatic rings. The van der Waals surface area contributed by atoms with E-state index in [1.54, 1.807) is 0 Å². The Morgan fingerprint density at radius 1 is 0.944 bits per heavy atom. The minimum atomic E-state index is -0.571. The zero-order chi connectivity index (χ0) is 13.1. The molecule has 0 atom stereocenters. The van der Waals surface area contributed by atoms with Crippen LogP contribution in [0.5, 0.6) is 0 Å². The van der Waals surface area contributed by atoms with Crippen molar-refractivity contribution in [1.82, 2.24) is 0 Å². The molecule has 0 aliphatic rings. The highest BCUT2D eigenvalue weighted by Crippen LogP contribution is 2.19. The molecule has 0 aliphatic carbocycles. The number of para-hydroxylation sites is 1. The minimum absolute atomic E-state index is 0.0734. The Kier molecular flexibility index (Phi) is 3.60. The number of hydrogen-bond acceptors (Lipinski definition) is 1. The molecule has 0 unspecified atom stereocenters. The second-order valence-corrected chi connectivity index (χ2v) is 4.37. The molecule has 0 fully saturated rings. The Labute approximate surface area is 105 Å². The van der Waals surface area contributed by atoms with E-state index in [0.29, 0.717) is 6.54 Å². The normalized spacial score (nSPS) is 10.4. The Balaban J connectivity index is 2.14. The molecule has 18 heavy (non-hydrogen) atoms. The monoisotopic (exact) mass is 247 g/mol. The van der Waals surface area contributed by atoms with Crippen LogP contribution in [0.3, 0.4) is 0 Å². The molecule has 94 valence electrons. The number of nitrogens with one attached hydrogen (secondary N) is 1. The fourth-order valence-corrected chi connectivity index (χ4v) is 1.77. The fourth-order valence-electron chi connectivity index (χ4n) is 1.77. The van der Waals surface area contributed by atoms with E-state index in [9.17, 15) is 8.78 Å². The van der Waals surface area contributed by atoms with Gasteiger partial charge >= 0.3 is 0 Å². The van der Waals surface area contributed by atoms with Crippen LogP contribution in [0.2, 0.25) is 0 Å². The molecule has 3 heteroatoms. The quantitative estimate of drug-likeness (QED) is 0.857. The van der Waals surface area contributed by atoms with Gasteiger partial charge in [-0.05, 0) is 42.7 Å². The summed E-state index contributed by atoms with van der Waals surface area (Å²) in [5.41, 5.74) is 3.30. The highest BCUT2D eigenvalue weighted by atomic mass is 19.1. The number of aryl methyl sites for hydroxylation is 2. The molecule has 0 saturated carbocycles. The van der Waals surface area contributed by atoms with Crippen molar-refractivity contribution in [1.29, 1.82) is 0 Å². The van der Waals surface area contributed by atoms with Crippen LogP contribution in [0, 0.1) is 25.5 Å². The molecule has 0 bridgehead atoms. The molecule has 0 heterocycles. The van der Waals surface area contributed by atoms with Gasteiger partial charge in [0.15, 0.2) is 0 Å². The molecule has 1 N–H and O–H groups in total. The van der Waals surface area contributed by atoms with Gasteiger partial charge in [0.2, 0.25) is 0 Å². The summed E-state index contributed by atoms with van der Waals surface area (Å²) in [6.07, 6.45) is 0. The van der Waals surface area contributed by atoms with Gasteiger partial charge in [0.05, 0.1) is 0 Å². The van der Waals surface area contributed by atoms with Gasteiger partial charge in [-0.2, -0.15) is 0 Å². The molecule has 0 radical (unpaired) electrons. The maximum Gasteiger partial charge on any atom is 0.149 e. The van der Waals surface area contributed by atoms with Crippen LogP contribution < -0.4 is 5.32 Å². The summed E-state index contributed by atoms with van der Waals surface area (Å²) in [5.74, 6) is -1.14. The third-order valence-electron chi connectivity index (χ3n) is 3.00. The minimum Gasteiger partial charge on any atom is -0.376 e. The smallest absolute Gasteiger partial charge is 0.149 e. The summed E-state index contributed by atoms with van der Waals surface area (Å²) in [6.45, 7) is 4.45. The predicted octanol–water partition coefficient (Wildman–Crippen LogP) is 4.19. The molecule has 0 saturated heterocycles. The molecule has 0 aliphatic heterocycles. The van der Waals surface area contributed by atoms with Crippen molar-refractivity contribution >= 4 is 5.69 Å². The van der Waals surface area contributed by atoms with E-state index >= 15 is 0 Å². The van der Waals surface area contributed by atoms with Gasteiger partial charge in [-0.1, -0.05) is 24.3 Å². The van der Waals surface area contributed by atoms with E-state index in [4.69, 9.17) is 0 Å². The number of halogens is 2. The van der Waals surface area contributed by atoms with Crippen molar-refractivity contribution in [3.05, 3.63) is 64.7 Å². The Hall–Kier alpha value is -1.90. The summed E-state index contributed by atoms with van der Waals surface area (Å²) >= 11 is 0. The molecule has 1 nitrogen and oxygen atoms in total. The number of anilines is 1. The van der Waals surface area contributed by atoms with Gasteiger partial charge in [-0.3, -0.25) is 0 Å². The standard InChI is InChI=1S/C15H15F2N/c1-10-6-7-12(8-11(10)2)9-18-15-13(16)4-3-5-14(15)17/h3-8,18H,9H2,1-2H3. The summed E-state index contributed by atoms with van der Waals surface area (Å²) in [4.78, 5) is 0. The van der Waals surface area contributed by atoms with E-state index < -0.39 is 11.6 Å². The van der Waals surface area contributed by atoms with Crippen LogP contribution in [0.25, 0.3) is 0 Å². The van der Waals surface area contributed by atoms with Crippen LogP contribution in [0.15, 0.2) is 36.4 Å². The first-order chi connectivity index (χ1) is 8.58. The summed E-state index contributed by atoms with van der Waals surface area (Å²) < 4.78 is 26.8. The third kappa shape index (κ3) is 2.67. The van der Waals surface area contributed by atoms with Crippen molar-refractivity contribution < 1.29 is 8.78 Å². The molecular weight excluding hydrogens is 232 g/mol. The summed E-state index contributed by atoms with van der Waals surface area (Å²) in [6, 6.07) is 9.81. The van der Waals surface area contributed by atoms with Gasteiger partial charge in [0.25, 0.3) is 0 Å². The Morgan fingerprint density at radius 2 is 1.61 bits per heavy atom. The van der Waals surface area contributed by atoms with E-state index in [-0.39, 0.29) is 5.69 Å². The van der Waals surface area contributed by atoms with E-state index in [0.717, 1.165) is 5.56 Å².